The fraction of sp³-hybridized carbons (Fsp3) is 1.00. The average Bonchev–Trinajstić information content (AvgIpc) is 2.00. The normalized spacial score (nSPS) is 27.9. The van der Waals surface area contributed by atoms with E-state index < -0.39 is 0 Å². The van der Waals surface area contributed by atoms with Gasteiger partial charge in [-0.1, -0.05) is 13.8 Å². The van der Waals surface area contributed by atoms with Crippen molar-refractivity contribution in [3.05, 3.63) is 0 Å². The lowest BCUT2D eigenvalue weighted by Crippen LogP contribution is -2.68. The summed E-state index contributed by atoms with van der Waals surface area (Å²) in [6.07, 6.45) is 0. The van der Waals surface area contributed by atoms with Crippen LogP contribution in [0.5, 0.6) is 0 Å². The summed E-state index contributed by atoms with van der Waals surface area (Å²) in [5.74, 6) is 0. The fourth-order valence-electron chi connectivity index (χ4n) is 3.22. The molecule has 0 atom stereocenters. The predicted octanol–water partition coefficient (Wildman–Crippen LogP) is 2.20. The van der Waals surface area contributed by atoms with Crippen molar-refractivity contribution in [2.45, 2.75) is 52.6 Å². The summed E-state index contributed by atoms with van der Waals surface area (Å²) in [7, 11) is 0. The van der Waals surface area contributed by atoms with Crippen molar-refractivity contribution in [3.8, 4) is 0 Å². The minimum absolute atomic E-state index is 0.312. The van der Waals surface area contributed by atoms with Crippen molar-refractivity contribution in [2.75, 3.05) is 26.2 Å². The summed E-state index contributed by atoms with van der Waals surface area (Å²) in [4.78, 5) is 5.19. The first-order valence-electron chi connectivity index (χ1n) is 5.83. The van der Waals surface area contributed by atoms with Crippen LogP contribution in [0.25, 0.3) is 0 Å². The van der Waals surface area contributed by atoms with Crippen LogP contribution in [0.3, 0.4) is 0 Å². The molecule has 1 heterocycles. The van der Waals surface area contributed by atoms with Gasteiger partial charge in [-0.2, -0.15) is 0 Å². The molecule has 0 aliphatic carbocycles. The van der Waals surface area contributed by atoms with Crippen LogP contribution < -0.4 is 0 Å². The molecule has 1 aliphatic rings. The highest BCUT2D eigenvalue weighted by Gasteiger charge is 2.42. The topological polar surface area (TPSA) is 6.48 Å². The van der Waals surface area contributed by atoms with Crippen molar-refractivity contribution < 1.29 is 0 Å². The molecule has 0 aromatic rings. The summed E-state index contributed by atoms with van der Waals surface area (Å²) in [6.45, 7) is 18.7. The first kappa shape index (κ1) is 12.0. The van der Waals surface area contributed by atoms with Crippen LogP contribution in [0.4, 0.5) is 0 Å². The van der Waals surface area contributed by atoms with E-state index in [1.54, 1.807) is 0 Å². The second kappa shape index (κ2) is 3.82. The van der Waals surface area contributed by atoms with Crippen molar-refractivity contribution in [2.24, 2.45) is 0 Å². The summed E-state index contributed by atoms with van der Waals surface area (Å²) < 4.78 is 0. The molecule has 1 fully saturated rings. The standard InChI is InChI=1S/C12H26N2/c1-7-13-9-11(3,4)14(8-2)12(5,6)10-13/h7-10H2,1-6H3. The Morgan fingerprint density at radius 2 is 1.29 bits per heavy atom. The Hall–Kier alpha value is -0.0800. The minimum Gasteiger partial charge on any atom is -0.300 e. The molecule has 1 rings (SSSR count). The molecular weight excluding hydrogens is 172 g/mol. The van der Waals surface area contributed by atoms with Crippen molar-refractivity contribution in [1.29, 1.82) is 0 Å². The summed E-state index contributed by atoms with van der Waals surface area (Å²) in [5.41, 5.74) is 0.624. The van der Waals surface area contributed by atoms with E-state index in [4.69, 9.17) is 0 Å². The highest BCUT2D eigenvalue weighted by molar-refractivity contribution is 4.99. The Labute approximate surface area is 89.3 Å². The lowest BCUT2D eigenvalue weighted by atomic mass is 9.88. The van der Waals surface area contributed by atoms with E-state index in [1.165, 1.54) is 19.6 Å². The van der Waals surface area contributed by atoms with E-state index >= 15 is 0 Å². The molecule has 0 amide bonds. The van der Waals surface area contributed by atoms with Crippen LogP contribution in [0.15, 0.2) is 0 Å². The molecule has 0 aromatic carbocycles. The number of nitrogens with zero attached hydrogens (tertiary/aromatic N) is 2. The van der Waals surface area contributed by atoms with E-state index in [1.807, 2.05) is 0 Å². The zero-order valence-electron chi connectivity index (χ0n) is 10.7. The van der Waals surface area contributed by atoms with Gasteiger partial charge in [0.2, 0.25) is 0 Å². The monoisotopic (exact) mass is 198 g/mol. The largest absolute Gasteiger partial charge is 0.300 e. The van der Waals surface area contributed by atoms with Crippen molar-refractivity contribution in [1.82, 2.24) is 9.80 Å². The maximum absolute atomic E-state index is 2.63. The van der Waals surface area contributed by atoms with Crippen LogP contribution in [0.1, 0.15) is 41.5 Å². The SMILES string of the molecule is CCN1CC(C)(C)N(CC)C(C)(C)C1. The van der Waals surface area contributed by atoms with Gasteiger partial charge in [0, 0.05) is 24.2 Å². The molecule has 0 unspecified atom stereocenters. The van der Waals surface area contributed by atoms with Gasteiger partial charge in [-0.25, -0.2) is 0 Å². The Morgan fingerprint density at radius 1 is 0.857 bits per heavy atom. The minimum atomic E-state index is 0.312. The Balaban J connectivity index is 2.87. The highest BCUT2D eigenvalue weighted by Crippen LogP contribution is 2.31. The molecule has 0 N–H and O–H groups in total. The molecular formula is C12H26N2. The third-order valence-electron chi connectivity index (χ3n) is 3.45. The molecule has 0 radical (unpaired) electrons. The summed E-state index contributed by atoms with van der Waals surface area (Å²) in [6, 6.07) is 0. The molecule has 0 spiro atoms. The first-order chi connectivity index (χ1) is 6.33. The number of hydrogen-bond acceptors (Lipinski definition) is 2. The zero-order chi connectivity index (χ0) is 11.0. The van der Waals surface area contributed by atoms with Gasteiger partial charge in [-0.05, 0) is 40.8 Å². The summed E-state index contributed by atoms with van der Waals surface area (Å²) >= 11 is 0. The number of piperazine rings is 1. The number of likely N-dealkylation sites (N-methyl/N-ethyl adjacent to an activating group) is 2. The quantitative estimate of drug-likeness (QED) is 0.671. The van der Waals surface area contributed by atoms with Gasteiger partial charge < -0.3 is 0 Å². The number of rotatable bonds is 2. The van der Waals surface area contributed by atoms with Gasteiger partial charge in [-0.15, -0.1) is 0 Å². The molecule has 1 saturated heterocycles. The molecule has 14 heavy (non-hydrogen) atoms. The highest BCUT2D eigenvalue weighted by atomic mass is 15.3. The second-order valence-electron chi connectivity index (χ2n) is 5.67. The molecule has 2 nitrogen and oxygen atoms in total. The first-order valence-corrected chi connectivity index (χ1v) is 5.83. The van der Waals surface area contributed by atoms with Gasteiger partial charge in [0.15, 0.2) is 0 Å². The molecule has 0 bridgehead atoms. The van der Waals surface area contributed by atoms with Crippen LogP contribution in [-0.2, 0) is 0 Å². The van der Waals surface area contributed by atoms with E-state index in [0.29, 0.717) is 11.1 Å². The third kappa shape index (κ3) is 2.12. The van der Waals surface area contributed by atoms with E-state index in [9.17, 15) is 0 Å². The molecule has 2 heteroatoms. The Kier molecular flexibility index (Phi) is 3.27. The van der Waals surface area contributed by atoms with Gasteiger partial charge in [0.25, 0.3) is 0 Å². The van der Waals surface area contributed by atoms with Gasteiger partial charge in [0.1, 0.15) is 0 Å². The maximum atomic E-state index is 2.63. The molecule has 0 saturated carbocycles. The van der Waals surface area contributed by atoms with E-state index in [-0.39, 0.29) is 0 Å². The fourth-order valence-corrected chi connectivity index (χ4v) is 3.22. The van der Waals surface area contributed by atoms with Gasteiger partial charge in [0.05, 0.1) is 0 Å². The van der Waals surface area contributed by atoms with E-state index in [0.717, 1.165) is 6.54 Å². The smallest absolute Gasteiger partial charge is 0.0285 e. The van der Waals surface area contributed by atoms with Crippen LogP contribution in [0, 0.1) is 0 Å². The number of hydrogen-bond donors (Lipinski definition) is 0. The summed E-state index contributed by atoms with van der Waals surface area (Å²) in [5, 5.41) is 0. The Bertz CT molecular complexity index is 178. The van der Waals surface area contributed by atoms with Crippen molar-refractivity contribution >= 4 is 0 Å². The van der Waals surface area contributed by atoms with Gasteiger partial charge >= 0.3 is 0 Å². The molecule has 1 aliphatic heterocycles. The molecule has 84 valence electrons. The van der Waals surface area contributed by atoms with Crippen LogP contribution in [-0.4, -0.2) is 47.1 Å². The van der Waals surface area contributed by atoms with E-state index in [2.05, 4.69) is 51.3 Å². The lowest BCUT2D eigenvalue weighted by molar-refractivity contribution is -0.0633. The third-order valence-corrected chi connectivity index (χ3v) is 3.45. The lowest BCUT2D eigenvalue weighted by Gasteiger charge is -2.56. The molecule has 0 aromatic heterocycles. The zero-order valence-corrected chi connectivity index (χ0v) is 10.7. The second-order valence-corrected chi connectivity index (χ2v) is 5.67. The van der Waals surface area contributed by atoms with Gasteiger partial charge in [-0.3, -0.25) is 9.80 Å². The van der Waals surface area contributed by atoms with Crippen LogP contribution >= 0.6 is 0 Å². The Morgan fingerprint density at radius 3 is 1.57 bits per heavy atom. The average molecular weight is 198 g/mol. The predicted molar refractivity (Wildman–Crippen MR) is 62.7 cm³/mol. The van der Waals surface area contributed by atoms with Crippen molar-refractivity contribution in [3.63, 3.8) is 0 Å². The maximum Gasteiger partial charge on any atom is 0.0285 e. The van der Waals surface area contributed by atoms with Crippen LogP contribution in [0.2, 0.25) is 0 Å².